The van der Waals surface area contributed by atoms with E-state index in [2.05, 4.69) is 14.9 Å². The molecular weight excluding hydrogens is 238 g/mol. The molecule has 0 bridgehead atoms. The number of carbonyl (C=O) groups excluding carboxylic acids is 1. The quantitative estimate of drug-likeness (QED) is 0.781. The number of Topliss-reactive ketones (excluding diaryl/α,β-unsaturated/α-hetero) is 1. The van der Waals surface area contributed by atoms with Crippen LogP contribution >= 0.6 is 0 Å². The molecule has 0 N–H and O–H groups in total. The van der Waals surface area contributed by atoms with Crippen LogP contribution in [-0.4, -0.2) is 28.8 Å². The van der Waals surface area contributed by atoms with Crippen molar-refractivity contribution in [2.75, 3.05) is 18.0 Å². The highest BCUT2D eigenvalue weighted by Gasteiger charge is 2.18. The molecule has 0 atom stereocenters. The largest absolute Gasteiger partial charge is 0.355 e. The van der Waals surface area contributed by atoms with Gasteiger partial charge in [0.15, 0.2) is 0 Å². The van der Waals surface area contributed by atoms with Gasteiger partial charge in [0.05, 0.1) is 0 Å². The molecule has 0 amide bonds. The molecule has 0 aliphatic carbocycles. The maximum Gasteiger partial charge on any atom is 0.136 e. The van der Waals surface area contributed by atoms with Crippen LogP contribution in [0.1, 0.15) is 51.9 Å². The van der Waals surface area contributed by atoms with Gasteiger partial charge in [-0.1, -0.05) is 27.7 Å². The van der Waals surface area contributed by atoms with Crippen molar-refractivity contribution in [1.29, 1.82) is 0 Å². The van der Waals surface area contributed by atoms with Crippen LogP contribution in [0.2, 0.25) is 0 Å². The van der Waals surface area contributed by atoms with E-state index < -0.39 is 0 Å². The van der Waals surface area contributed by atoms with E-state index in [0.717, 1.165) is 30.3 Å². The van der Waals surface area contributed by atoms with Gasteiger partial charge in [0, 0.05) is 37.7 Å². The molecular formula is C15H27N3O. The highest BCUT2D eigenvalue weighted by molar-refractivity contribution is 5.80. The topological polar surface area (TPSA) is 46.1 Å². The van der Waals surface area contributed by atoms with Crippen molar-refractivity contribution >= 4 is 11.6 Å². The molecule has 0 spiro atoms. The number of nitrogens with zero attached hydrogens (tertiary/aromatic N) is 3. The smallest absolute Gasteiger partial charge is 0.136 e. The molecule has 108 valence electrons. The fraction of sp³-hybridized carbons (Fsp3) is 0.667. The first-order valence-electron chi connectivity index (χ1n) is 7.23. The molecule has 4 nitrogen and oxygen atoms in total. The summed E-state index contributed by atoms with van der Waals surface area (Å²) in [5.41, 5.74) is 1.08. The second-order valence-corrected chi connectivity index (χ2v) is 3.95. The van der Waals surface area contributed by atoms with Crippen LogP contribution in [0.5, 0.6) is 0 Å². The summed E-state index contributed by atoms with van der Waals surface area (Å²) in [6, 6.07) is 0. The molecule has 1 aliphatic heterocycles. The van der Waals surface area contributed by atoms with Crippen LogP contribution < -0.4 is 4.90 Å². The van der Waals surface area contributed by atoms with Gasteiger partial charge in [0.25, 0.3) is 0 Å². The lowest BCUT2D eigenvalue weighted by atomic mass is 10.1. The lowest BCUT2D eigenvalue weighted by Crippen LogP contribution is -2.35. The summed E-state index contributed by atoms with van der Waals surface area (Å²) in [5, 5.41) is 0. The number of piperidine rings is 1. The molecule has 1 aromatic rings. The van der Waals surface area contributed by atoms with Gasteiger partial charge < -0.3 is 4.90 Å². The Labute approximate surface area is 117 Å². The molecule has 1 aliphatic rings. The minimum absolute atomic E-state index is 0.356. The second-order valence-electron chi connectivity index (χ2n) is 3.95. The first kappa shape index (κ1) is 17.6. The van der Waals surface area contributed by atoms with Gasteiger partial charge in [-0.15, -0.1) is 0 Å². The number of hydrogen-bond donors (Lipinski definition) is 0. The van der Waals surface area contributed by atoms with Crippen LogP contribution in [0.15, 0.2) is 6.20 Å². The predicted octanol–water partition coefficient (Wildman–Crippen LogP) is 3.32. The van der Waals surface area contributed by atoms with E-state index in [1.165, 1.54) is 0 Å². The summed E-state index contributed by atoms with van der Waals surface area (Å²) in [6.45, 7) is 13.5. The highest BCUT2D eigenvalue weighted by atomic mass is 16.1. The Morgan fingerprint density at radius 3 is 2.11 bits per heavy atom. The van der Waals surface area contributed by atoms with E-state index in [-0.39, 0.29) is 0 Å². The molecule has 19 heavy (non-hydrogen) atoms. The third-order valence-electron chi connectivity index (χ3n) is 2.69. The molecule has 0 unspecified atom stereocenters. The monoisotopic (exact) mass is 265 g/mol. The summed E-state index contributed by atoms with van der Waals surface area (Å²) in [4.78, 5) is 21.9. The maximum absolute atomic E-state index is 11.1. The van der Waals surface area contributed by atoms with Crippen molar-refractivity contribution in [1.82, 2.24) is 9.97 Å². The number of aromatic nitrogens is 2. The SMILES string of the molecule is CC.CC.Cc1ncc(C)c(N2CCC(=O)CC2)n1. The van der Waals surface area contributed by atoms with E-state index in [9.17, 15) is 4.79 Å². The van der Waals surface area contributed by atoms with Crippen LogP contribution in [0.3, 0.4) is 0 Å². The summed E-state index contributed by atoms with van der Waals surface area (Å²) in [5.74, 6) is 2.12. The van der Waals surface area contributed by atoms with Gasteiger partial charge in [-0.25, -0.2) is 9.97 Å². The number of anilines is 1. The van der Waals surface area contributed by atoms with E-state index in [0.29, 0.717) is 18.6 Å². The summed E-state index contributed by atoms with van der Waals surface area (Å²) in [7, 11) is 0. The fourth-order valence-corrected chi connectivity index (χ4v) is 1.81. The second kappa shape index (κ2) is 9.48. The molecule has 2 rings (SSSR count). The Hall–Kier alpha value is -1.45. The number of carbonyl (C=O) groups is 1. The van der Waals surface area contributed by atoms with Crippen molar-refractivity contribution in [2.24, 2.45) is 0 Å². The van der Waals surface area contributed by atoms with Crippen molar-refractivity contribution in [3.05, 3.63) is 17.6 Å². The molecule has 1 fully saturated rings. The predicted molar refractivity (Wildman–Crippen MR) is 80.7 cm³/mol. The Balaban J connectivity index is 0.000000741. The average Bonchev–Trinajstić information content (AvgIpc) is 2.47. The Morgan fingerprint density at radius 1 is 1.05 bits per heavy atom. The van der Waals surface area contributed by atoms with Crippen molar-refractivity contribution in [3.63, 3.8) is 0 Å². The third kappa shape index (κ3) is 5.37. The van der Waals surface area contributed by atoms with Gasteiger partial charge in [-0.3, -0.25) is 4.79 Å². The normalized spacial score (nSPS) is 14.0. The maximum atomic E-state index is 11.1. The zero-order valence-corrected chi connectivity index (χ0v) is 13.2. The van der Waals surface area contributed by atoms with E-state index in [1.54, 1.807) is 0 Å². The molecule has 0 aromatic carbocycles. The van der Waals surface area contributed by atoms with Crippen molar-refractivity contribution in [3.8, 4) is 0 Å². The first-order valence-corrected chi connectivity index (χ1v) is 7.23. The van der Waals surface area contributed by atoms with Crippen LogP contribution in [0.4, 0.5) is 5.82 Å². The van der Waals surface area contributed by atoms with Crippen LogP contribution in [0.25, 0.3) is 0 Å². The lowest BCUT2D eigenvalue weighted by Gasteiger charge is -2.28. The first-order chi connectivity index (χ1) is 9.16. The van der Waals surface area contributed by atoms with Gasteiger partial charge >= 0.3 is 0 Å². The van der Waals surface area contributed by atoms with Gasteiger partial charge in [-0.05, 0) is 13.8 Å². The van der Waals surface area contributed by atoms with E-state index >= 15 is 0 Å². The summed E-state index contributed by atoms with van der Waals surface area (Å²) in [6.07, 6.45) is 3.12. The summed E-state index contributed by atoms with van der Waals surface area (Å²) < 4.78 is 0. The molecule has 1 saturated heterocycles. The molecule has 4 heteroatoms. The average molecular weight is 265 g/mol. The van der Waals surface area contributed by atoms with Crippen molar-refractivity contribution < 1.29 is 4.79 Å². The number of aryl methyl sites for hydroxylation is 2. The molecule has 0 saturated carbocycles. The van der Waals surface area contributed by atoms with Crippen LogP contribution in [-0.2, 0) is 4.79 Å². The van der Waals surface area contributed by atoms with E-state index in [1.807, 2.05) is 47.7 Å². The van der Waals surface area contributed by atoms with Gasteiger partial charge in [-0.2, -0.15) is 0 Å². The standard InChI is InChI=1S/C11H15N3O.2C2H6/c1-8-7-12-9(2)13-11(8)14-5-3-10(15)4-6-14;2*1-2/h7H,3-6H2,1-2H3;2*1-2H3. The van der Waals surface area contributed by atoms with Crippen molar-refractivity contribution in [2.45, 2.75) is 54.4 Å². The minimum atomic E-state index is 0.356. The Morgan fingerprint density at radius 2 is 1.58 bits per heavy atom. The number of hydrogen-bond acceptors (Lipinski definition) is 4. The van der Waals surface area contributed by atoms with Gasteiger partial charge in [0.1, 0.15) is 17.4 Å². The lowest BCUT2D eigenvalue weighted by molar-refractivity contribution is -0.119. The van der Waals surface area contributed by atoms with E-state index in [4.69, 9.17) is 0 Å². The number of ketones is 1. The number of rotatable bonds is 1. The molecule has 1 aromatic heterocycles. The third-order valence-corrected chi connectivity index (χ3v) is 2.69. The Kier molecular flexibility index (Phi) is 8.75. The zero-order chi connectivity index (χ0) is 14.8. The minimum Gasteiger partial charge on any atom is -0.355 e. The van der Waals surface area contributed by atoms with Gasteiger partial charge in [0.2, 0.25) is 0 Å². The summed E-state index contributed by atoms with van der Waals surface area (Å²) >= 11 is 0. The molecule has 2 heterocycles. The van der Waals surface area contributed by atoms with Crippen LogP contribution in [0, 0.1) is 13.8 Å². The molecule has 0 radical (unpaired) electrons. The highest BCUT2D eigenvalue weighted by Crippen LogP contribution is 2.19. The zero-order valence-electron chi connectivity index (χ0n) is 13.2. The fourth-order valence-electron chi connectivity index (χ4n) is 1.81. The Bertz CT molecular complexity index is 381.